The van der Waals surface area contributed by atoms with Crippen LogP contribution in [-0.2, 0) is 9.53 Å². The predicted octanol–water partition coefficient (Wildman–Crippen LogP) is 0.347. The molecule has 0 amide bonds. The van der Waals surface area contributed by atoms with Crippen LogP contribution in [0.5, 0.6) is 0 Å². The fourth-order valence-corrected chi connectivity index (χ4v) is 1.24. The molecule has 1 aliphatic rings. The van der Waals surface area contributed by atoms with Gasteiger partial charge in [0.05, 0.1) is 6.61 Å². The van der Waals surface area contributed by atoms with Crippen LogP contribution in [0.3, 0.4) is 0 Å². The molecule has 1 rings (SSSR count). The van der Waals surface area contributed by atoms with Crippen molar-refractivity contribution in [2.75, 3.05) is 19.7 Å². The van der Waals surface area contributed by atoms with Crippen molar-refractivity contribution in [2.45, 2.75) is 25.9 Å². The topological polar surface area (TPSA) is 38.3 Å². The molecule has 0 aliphatic carbocycles. The lowest BCUT2D eigenvalue weighted by Crippen LogP contribution is -2.42. The van der Waals surface area contributed by atoms with Gasteiger partial charge in [0.1, 0.15) is 6.10 Å². The predicted molar refractivity (Wildman–Crippen MR) is 50.3 cm³/mol. The van der Waals surface area contributed by atoms with E-state index in [1.165, 1.54) is 0 Å². The number of carbonyl (C=O) groups excluding carboxylic acids is 1. The third-order valence-corrected chi connectivity index (χ3v) is 1.96. The quantitative estimate of drug-likeness (QED) is 0.638. The van der Waals surface area contributed by atoms with E-state index in [4.69, 9.17) is 4.74 Å². The maximum Gasteiger partial charge on any atom is 0.163 e. The van der Waals surface area contributed by atoms with Gasteiger partial charge in [-0.05, 0) is 6.92 Å². The SMILES string of the molecule is CC#CCCC(=O)C1CNCCO1. The van der Waals surface area contributed by atoms with Gasteiger partial charge in [-0.1, -0.05) is 0 Å². The van der Waals surface area contributed by atoms with Crippen molar-refractivity contribution in [3.05, 3.63) is 0 Å². The van der Waals surface area contributed by atoms with Crippen molar-refractivity contribution in [2.24, 2.45) is 0 Å². The van der Waals surface area contributed by atoms with Crippen molar-refractivity contribution in [3.8, 4) is 11.8 Å². The zero-order valence-corrected chi connectivity index (χ0v) is 7.93. The van der Waals surface area contributed by atoms with E-state index < -0.39 is 0 Å². The van der Waals surface area contributed by atoms with Crippen LogP contribution in [0.25, 0.3) is 0 Å². The molecule has 3 nitrogen and oxygen atoms in total. The van der Waals surface area contributed by atoms with E-state index in [1.807, 2.05) is 0 Å². The number of rotatable bonds is 3. The lowest BCUT2D eigenvalue weighted by atomic mass is 10.1. The molecule has 0 bridgehead atoms. The molecule has 1 N–H and O–H groups in total. The van der Waals surface area contributed by atoms with Crippen molar-refractivity contribution in [1.82, 2.24) is 5.32 Å². The summed E-state index contributed by atoms with van der Waals surface area (Å²) in [5.74, 6) is 5.80. The first kappa shape index (κ1) is 10.2. The fraction of sp³-hybridized carbons (Fsp3) is 0.700. The molecule has 3 heteroatoms. The van der Waals surface area contributed by atoms with Gasteiger partial charge in [-0.15, -0.1) is 11.8 Å². The minimum Gasteiger partial charge on any atom is -0.368 e. The molecular formula is C10H15NO2. The molecule has 0 radical (unpaired) electrons. The van der Waals surface area contributed by atoms with E-state index in [2.05, 4.69) is 17.2 Å². The van der Waals surface area contributed by atoms with E-state index in [9.17, 15) is 4.79 Å². The molecule has 0 aromatic carbocycles. The average molecular weight is 181 g/mol. The Morgan fingerprint density at radius 2 is 2.54 bits per heavy atom. The summed E-state index contributed by atoms with van der Waals surface area (Å²) in [6, 6.07) is 0. The number of morpholine rings is 1. The zero-order valence-electron chi connectivity index (χ0n) is 7.93. The van der Waals surface area contributed by atoms with Gasteiger partial charge in [0, 0.05) is 25.9 Å². The van der Waals surface area contributed by atoms with Crippen molar-refractivity contribution >= 4 is 5.78 Å². The monoisotopic (exact) mass is 181 g/mol. The highest BCUT2D eigenvalue weighted by atomic mass is 16.5. The number of ether oxygens (including phenoxy) is 1. The Morgan fingerprint density at radius 1 is 1.69 bits per heavy atom. The number of Topliss-reactive ketones (excluding diaryl/α,β-unsaturated/α-hetero) is 1. The third-order valence-electron chi connectivity index (χ3n) is 1.96. The summed E-state index contributed by atoms with van der Waals surface area (Å²) >= 11 is 0. The summed E-state index contributed by atoms with van der Waals surface area (Å²) < 4.78 is 5.31. The van der Waals surface area contributed by atoms with Crippen LogP contribution in [0.2, 0.25) is 0 Å². The maximum absolute atomic E-state index is 11.4. The van der Waals surface area contributed by atoms with Crippen LogP contribution in [0.1, 0.15) is 19.8 Å². The summed E-state index contributed by atoms with van der Waals surface area (Å²) in [4.78, 5) is 11.4. The van der Waals surface area contributed by atoms with Crippen LogP contribution in [0.15, 0.2) is 0 Å². The lowest BCUT2D eigenvalue weighted by molar-refractivity contribution is -0.131. The summed E-state index contributed by atoms with van der Waals surface area (Å²) in [6.07, 6.45) is 0.912. The molecule has 1 aliphatic heterocycles. The Hall–Kier alpha value is -0.850. The molecule has 72 valence electrons. The highest BCUT2D eigenvalue weighted by Crippen LogP contribution is 2.02. The lowest BCUT2D eigenvalue weighted by Gasteiger charge is -2.21. The summed E-state index contributed by atoms with van der Waals surface area (Å²) in [5, 5.41) is 3.12. The van der Waals surface area contributed by atoms with Crippen molar-refractivity contribution in [3.63, 3.8) is 0 Å². The van der Waals surface area contributed by atoms with E-state index >= 15 is 0 Å². The fourth-order valence-electron chi connectivity index (χ4n) is 1.24. The third kappa shape index (κ3) is 3.58. The van der Waals surface area contributed by atoms with E-state index in [1.54, 1.807) is 6.92 Å². The molecule has 13 heavy (non-hydrogen) atoms. The van der Waals surface area contributed by atoms with Crippen LogP contribution in [-0.4, -0.2) is 31.6 Å². The molecular weight excluding hydrogens is 166 g/mol. The molecule has 1 saturated heterocycles. The standard InChI is InChI=1S/C10H15NO2/c1-2-3-4-5-9(12)10-8-11-6-7-13-10/h10-11H,4-8H2,1H3. The minimum absolute atomic E-state index is 0.162. The number of nitrogens with one attached hydrogen (secondary N) is 1. The van der Waals surface area contributed by atoms with Gasteiger partial charge in [0.2, 0.25) is 0 Å². The van der Waals surface area contributed by atoms with Crippen LogP contribution in [0.4, 0.5) is 0 Å². The smallest absolute Gasteiger partial charge is 0.163 e. The van der Waals surface area contributed by atoms with E-state index in [0.717, 1.165) is 6.54 Å². The second-order valence-corrected chi connectivity index (χ2v) is 2.96. The van der Waals surface area contributed by atoms with Crippen LogP contribution < -0.4 is 5.32 Å². The van der Waals surface area contributed by atoms with Gasteiger partial charge in [0.15, 0.2) is 5.78 Å². The van der Waals surface area contributed by atoms with Crippen molar-refractivity contribution < 1.29 is 9.53 Å². The molecule has 1 heterocycles. The first-order valence-corrected chi connectivity index (χ1v) is 4.59. The molecule has 1 fully saturated rings. The summed E-state index contributed by atoms with van der Waals surface area (Å²) in [6.45, 7) is 3.91. The number of ketones is 1. The number of carbonyl (C=O) groups is 1. The van der Waals surface area contributed by atoms with Gasteiger partial charge in [-0.2, -0.15) is 0 Å². The Bertz CT molecular complexity index is 221. The minimum atomic E-state index is -0.243. The molecule has 0 spiro atoms. The molecule has 1 atom stereocenters. The Balaban J connectivity index is 2.23. The van der Waals surface area contributed by atoms with Gasteiger partial charge in [-0.3, -0.25) is 4.79 Å². The summed E-state index contributed by atoms with van der Waals surface area (Å²) in [7, 11) is 0. The zero-order chi connectivity index (χ0) is 9.52. The normalized spacial score (nSPS) is 21.8. The second-order valence-electron chi connectivity index (χ2n) is 2.96. The second kappa shape index (κ2) is 5.74. The molecule has 0 aromatic rings. The van der Waals surface area contributed by atoms with E-state index in [0.29, 0.717) is 26.0 Å². The molecule has 0 aromatic heterocycles. The average Bonchev–Trinajstić information content (AvgIpc) is 2.19. The molecule has 1 unspecified atom stereocenters. The maximum atomic E-state index is 11.4. The molecule has 0 saturated carbocycles. The summed E-state index contributed by atoms with van der Waals surface area (Å²) in [5.41, 5.74) is 0. The van der Waals surface area contributed by atoms with E-state index in [-0.39, 0.29) is 11.9 Å². The Labute approximate surface area is 78.8 Å². The van der Waals surface area contributed by atoms with Crippen molar-refractivity contribution in [1.29, 1.82) is 0 Å². The number of hydrogen-bond acceptors (Lipinski definition) is 3. The number of hydrogen-bond donors (Lipinski definition) is 1. The van der Waals surface area contributed by atoms with Crippen LogP contribution >= 0.6 is 0 Å². The van der Waals surface area contributed by atoms with Gasteiger partial charge in [0.25, 0.3) is 0 Å². The first-order chi connectivity index (χ1) is 6.34. The first-order valence-electron chi connectivity index (χ1n) is 4.59. The largest absolute Gasteiger partial charge is 0.368 e. The van der Waals surface area contributed by atoms with Gasteiger partial charge < -0.3 is 10.1 Å². The highest BCUT2D eigenvalue weighted by Gasteiger charge is 2.20. The van der Waals surface area contributed by atoms with Gasteiger partial charge in [-0.25, -0.2) is 0 Å². The highest BCUT2D eigenvalue weighted by molar-refractivity contribution is 5.83. The Kier molecular flexibility index (Phi) is 4.52. The Morgan fingerprint density at radius 3 is 3.15 bits per heavy atom. The van der Waals surface area contributed by atoms with Gasteiger partial charge >= 0.3 is 0 Å². The van der Waals surface area contributed by atoms with Crippen LogP contribution in [0, 0.1) is 11.8 Å².